The molecule has 2 atom stereocenters. The molecule has 144 valence electrons. The number of benzene rings is 1. The van der Waals surface area contributed by atoms with Crippen LogP contribution in [0.5, 0.6) is 0 Å². The van der Waals surface area contributed by atoms with Crippen molar-refractivity contribution in [2.45, 2.75) is 44.9 Å². The van der Waals surface area contributed by atoms with Crippen LogP contribution < -0.4 is 0 Å². The summed E-state index contributed by atoms with van der Waals surface area (Å²) in [4.78, 5) is 25.6. The van der Waals surface area contributed by atoms with Crippen LogP contribution in [0.2, 0.25) is 0 Å². The van der Waals surface area contributed by atoms with Crippen molar-refractivity contribution < 1.29 is 28.5 Å². The lowest BCUT2D eigenvalue weighted by molar-refractivity contribution is -0.143. The highest BCUT2D eigenvalue weighted by atomic mass is 16.7. The molecule has 0 radical (unpaired) electrons. The standard InChI is InChI=1S/C19H27NO6/c1-15(21)25-13-18-10-6-9-17(12-24-14-23-2)20(18)19(22)26-11-16-7-4-3-5-8-16/h3-5,7-8,17-18H,6,9-14H2,1-2H3/t17-,18+/m0/s1. The van der Waals surface area contributed by atoms with E-state index < -0.39 is 6.09 Å². The summed E-state index contributed by atoms with van der Waals surface area (Å²) in [5.74, 6) is -0.361. The second-order valence-corrected chi connectivity index (χ2v) is 6.27. The van der Waals surface area contributed by atoms with Crippen LogP contribution in [0.1, 0.15) is 31.7 Å². The normalized spacial score (nSPS) is 19.8. The molecule has 0 N–H and O–H groups in total. The molecule has 1 aliphatic heterocycles. The Labute approximate surface area is 154 Å². The number of hydrogen-bond donors (Lipinski definition) is 0. The van der Waals surface area contributed by atoms with Crippen LogP contribution in [0.4, 0.5) is 4.79 Å². The van der Waals surface area contributed by atoms with Gasteiger partial charge in [-0.25, -0.2) is 4.79 Å². The van der Waals surface area contributed by atoms with Gasteiger partial charge in [-0.05, 0) is 24.8 Å². The summed E-state index contributed by atoms with van der Waals surface area (Å²) >= 11 is 0. The minimum Gasteiger partial charge on any atom is -0.464 e. The Morgan fingerprint density at radius 3 is 2.42 bits per heavy atom. The molecular formula is C19H27NO6. The predicted molar refractivity (Wildman–Crippen MR) is 94.4 cm³/mol. The van der Waals surface area contributed by atoms with Crippen molar-refractivity contribution in [1.82, 2.24) is 4.90 Å². The van der Waals surface area contributed by atoms with E-state index in [-0.39, 0.29) is 38.1 Å². The molecule has 0 spiro atoms. The summed E-state index contributed by atoms with van der Waals surface area (Å²) in [5, 5.41) is 0. The number of esters is 1. The lowest BCUT2D eigenvalue weighted by Gasteiger charge is -2.40. The maximum absolute atomic E-state index is 12.7. The zero-order valence-electron chi connectivity index (χ0n) is 15.4. The third kappa shape index (κ3) is 6.31. The molecule has 0 unspecified atom stereocenters. The maximum atomic E-state index is 12.7. The van der Waals surface area contributed by atoms with Crippen molar-refractivity contribution >= 4 is 12.1 Å². The minimum atomic E-state index is -0.420. The van der Waals surface area contributed by atoms with E-state index in [4.69, 9.17) is 18.9 Å². The van der Waals surface area contributed by atoms with Crippen molar-refractivity contribution in [3.8, 4) is 0 Å². The molecule has 1 aromatic carbocycles. The summed E-state index contributed by atoms with van der Waals surface area (Å²) in [6, 6.07) is 9.16. The van der Waals surface area contributed by atoms with E-state index in [2.05, 4.69) is 0 Å². The van der Waals surface area contributed by atoms with E-state index in [9.17, 15) is 9.59 Å². The Balaban J connectivity index is 2.02. The van der Waals surface area contributed by atoms with Gasteiger partial charge in [-0.15, -0.1) is 0 Å². The second-order valence-electron chi connectivity index (χ2n) is 6.27. The SMILES string of the molecule is COCOC[C@@H]1CCC[C@H](COC(C)=O)N1C(=O)OCc1ccccc1. The van der Waals surface area contributed by atoms with Gasteiger partial charge >= 0.3 is 12.1 Å². The van der Waals surface area contributed by atoms with Gasteiger partial charge < -0.3 is 18.9 Å². The van der Waals surface area contributed by atoms with Crippen LogP contribution in [-0.4, -0.2) is 56.2 Å². The molecule has 1 fully saturated rings. The molecule has 1 saturated heterocycles. The molecule has 26 heavy (non-hydrogen) atoms. The number of piperidine rings is 1. The second kappa shape index (κ2) is 10.8. The molecule has 0 aromatic heterocycles. The summed E-state index contributed by atoms with van der Waals surface area (Å²) < 4.78 is 21.0. The molecule has 0 saturated carbocycles. The lowest BCUT2D eigenvalue weighted by Crippen LogP contribution is -2.53. The van der Waals surface area contributed by atoms with Crippen molar-refractivity contribution in [1.29, 1.82) is 0 Å². The van der Waals surface area contributed by atoms with Gasteiger partial charge in [-0.3, -0.25) is 9.69 Å². The molecule has 7 heteroatoms. The Morgan fingerprint density at radius 2 is 1.77 bits per heavy atom. The van der Waals surface area contributed by atoms with Crippen molar-refractivity contribution in [3.63, 3.8) is 0 Å². The summed E-state index contributed by atoms with van der Waals surface area (Å²) in [7, 11) is 1.55. The molecule has 2 rings (SSSR count). The lowest BCUT2D eigenvalue weighted by atomic mass is 9.97. The number of likely N-dealkylation sites (tertiary alicyclic amines) is 1. The van der Waals surface area contributed by atoms with Crippen LogP contribution in [0.25, 0.3) is 0 Å². The number of nitrogens with zero attached hydrogens (tertiary/aromatic N) is 1. The minimum absolute atomic E-state index is 0.136. The van der Waals surface area contributed by atoms with Crippen LogP contribution in [0.15, 0.2) is 30.3 Å². The van der Waals surface area contributed by atoms with E-state index in [0.717, 1.165) is 24.8 Å². The first kappa shape index (κ1) is 20.2. The zero-order valence-corrected chi connectivity index (χ0v) is 15.4. The number of hydrogen-bond acceptors (Lipinski definition) is 6. The van der Waals surface area contributed by atoms with Gasteiger partial charge in [0.1, 0.15) is 20.0 Å². The highest BCUT2D eigenvalue weighted by Gasteiger charge is 2.36. The fourth-order valence-corrected chi connectivity index (χ4v) is 3.07. The molecular weight excluding hydrogens is 338 g/mol. The zero-order chi connectivity index (χ0) is 18.8. The van der Waals surface area contributed by atoms with Gasteiger partial charge in [0.15, 0.2) is 0 Å². The molecule has 1 aliphatic rings. The van der Waals surface area contributed by atoms with E-state index >= 15 is 0 Å². The number of amides is 1. The average molecular weight is 365 g/mol. The molecule has 1 aromatic rings. The smallest absolute Gasteiger partial charge is 0.410 e. The summed E-state index contributed by atoms with van der Waals surface area (Å²) in [6.07, 6.45) is 2.07. The topological polar surface area (TPSA) is 74.3 Å². The van der Waals surface area contributed by atoms with E-state index in [1.54, 1.807) is 12.0 Å². The summed E-state index contributed by atoms with van der Waals surface area (Å²) in [5.41, 5.74) is 0.918. The first-order chi connectivity index (χ1) is 12.6. The van der Waals surface area contributed by atoms with Gasteiger partial charge in [-0.1, -0.05) is 30.3 Å². The van der Waals surface area contributed by atoms with E-state index in [1.807, 2.05) is 30.3 Å². The first-order valence-electron chi connectivity index (χ1n) is 8.81. The third-order valence-electron chi connectivity index (χ3n) is 4.27. The van der Waals surface area contributed by atoms with Gasteiger partial charge in [0.25, 0.3) is 0 Å². The Kier molecular flexibility index (Phi) is 8.37. The first-order valence-corrected chi connectivity index (χ1v) is 8.81. The van der Waals surface area contributed by atoms with Crippen LogP contribution in [-0.2, 0) is 30.3 Å². The van der Waals surface area contributed by atoms with Crippen molar-refractivity contribution in [2.24, 2.45) is 0 Å². The van der Waals surface area contributed by atoms with Gasteiger partial charge in [0, 0.05) is 14.0 Å². The fourth-order valence-electron chi connectivity index (χ4n) is 3.07. The number of rotatable bonds is 8. The van der Waals surface area contributed by atoms with Gasteiger partial charge in [-0.2, -0.15) is 0 Å². The van der Waals surface area contributed by atoms with E-state index in [1.165, 1.54) is 6.92 Å². The Hall–Kier alpha value is -2.12. The molecule has 1 amide bonds. The highest BCUT2D eigenvalue weighted by Crippen LogP contribution is 2.25. The molecule has 1 heterocycles. The monoisotopic (exact) mass is 365 g/mol. The largest absolute Gasteiger partial charge is 0.464 e. The Bertz CT molecular complexity index is 564. The number of ether oxygens (including phenoxy) is 4. The van der Waals surface area contributed by atoms with Crippen LogP contribution >= 0.6 is 0 Å². The van der Waals surface area contributed by atoms with Gasteiger partial charge in [0.2, 0.25) is 0 Å². The molecule has 7 nitrogen and oxygen atoms in total. The number of methoxy groups -OCH3 is 1. The quantitative estimate of drug-likeness (QED) is 0.401. The average Bonchev–Trinajstić information content (AvgIpc) is 2.65. The van der Waals surface area contributed by atoms with Crippen LogP contribution in [0, 0.1) is 0 Å². The van der Waals surface area contributed by atoms with Crippen LogP contribution in [0.3, 0.4) is 0 Å². The molecule has 0 aliphatic carbocycles. The fraction of sp³-hybridized carbons (Fsp3) is 0.579. The van der Waals surface area contributed by atoms with Crippen molar-refractivity contribution in [3.05, 3.63) is 35.9 Å². The Morgan fingerprint density at radius 1 is 1.08 bits per heavy atom. The number of carbonyl (C=O) groups excluding carboxylic acids is 2. The maximum Gasteiger partial charge on any atom is 0.410 e. The third-order valence-corrected chi connectivity index (χ3v) is 4.27. The highest BCUT2D eigenvalue weighted by molar-refractivity contribution is 5.69. The van der Waals surface area contributed by atoms with E-state index in [0.29, 0.717) is 6.61 Å². The van der Waals surface area contributed by atoms with Crippen molar-refractivity contribution in [2.75, 3.05) is 27.1 Å². The van der Waals surface area contributed by atoms with Gasteiger partial charge in [0.05, 0.1) is 18.7 Å². The molecule has 0 bridgehead atoms. The predicted octanol–water partition coefficient (Wildman–Crippen LogP) is 2.73. The summed E-state index contributed by atoms with van der Waals surface area (Å²) in [6.45, 7) is 2.24. The number of carbonyl (C=O) groups is 2.